The Labute approximate surface area is 132 Å². The molecule has 0 heterocycles. The molecule has 2 unspecified atom stereocenters. The molecule has 0 amide bonds. The summed E-state index contributed by atoms with van der Waals surface area (Å²) in [5, 5.41) is -0.0489. The molecule has 0 bridgehead atoms. The van der Waals surface area contributed by atoms with Crippen molar-refractivity contribution in [1.82, 2.24) is 0 Å². The molecule has 19 heavy (non-hydrogen) atoms. The quantitative estimate of drug-likeness (QED) is 0.630. The van der Waals surface area contributed by atoms with Gasteiger partial charge in [0.05, 0.1) is 0 Å². The average molecular weight is 368 g/mol. The lowest BCUT2D eigenvalue weighted by molar-refractivity contribution is -0.131. The van der Waals surface area contributed by atoms with E-state index in [1.807, 2.05) is 13.8 Å². The number of carbonyl (C=O) groups is 1. The Balaban J connectivity index is 2.73. The van der Waals surface area contributed by atoms with Crippen LogP contribution in [0.5, 0.6) is 5.75 Å². The molecule has 0 radical (unpaired) electrons. The van der Waals surface area contributed by atoms with E-state index in [4.69, 9.17) is 27.9 Å². The van der Waals surface area contributed by atoms with Crippen LogP contribution in [0.1, 0.15) is 26.7 Å². The highest BCUT2D eigenvalue weighted by atomic mass is 79.9. The fourth-order valence-electron chi connectivity index (χ4n) is 1.64. The lowest BCUT2D eigenvalue weighted by Gasteiger charge is -2.28. The molecule has 5 heteroatoms. The van der Waals surface area contributed by atoms with Crippen LogP contribution in [0.2, 0.25) is 5.02 Å². The number of ketones is 1. The molecule has 1 aromatic rings. The fraction of sp³-hybridized carbons (Fsp3) is 0.500. The third kappa shape index (κ3) is 4.66. The third-order valence-corrected chi connectivity index (χ3v) is 4.32. The molecule has 1 rings (SSSR count). The third-order valence-electron chi connectivity index (χ3n) is 3.28. The van der Waals surface area contributed by atoms with Gasteiger partial charge < -0.3 is 4.74 Å². The molecule has 0 saturated heterocycles. The van der Waals surface area contributed by atoms with Gasteiger partial charge in [0.15, 0.2) is 5.78 Å². The van der Waals surface area contributed by atoms with Crippen molar-refractivity contribution in [3.63, 3.8) is 0 Å². The van der Waals surface area contributed by atoms with Gasteiger partial charge in [-0.05, 0) is 53.0 Å². The predicted molar refractivity (Wildman–Crippen MR) is 83.5 cm³/mol. The summed E-state index contributed by atoms with van der Waals surface area (Å²) < 4.78 is 5.59. The molecule has 0 aliphatic heterocycles. The van der Waals surface area contributed by atoms with Crippen molar-refractivity contribution in [1.29, 1.82) is 0 Å². The molecule has 0 N–H and O–H groups in total. The van der Waals surface area contributed by atoms with Gasteiger partial charge in [0.1, 0.15) is 5.75 Å². The van der Waals surface area contributed by atoms with E-state index in [0.29, 0.717) is 23.1 Å². The van der Waals surface area contributed by atoms with Gasteiger partial charge in [-0.1, -0.05) is 25.4 Å². The number of alkyl halides is 2. The Morgan fingerprint density at radius 1 is 1.42 bits per heavy atom. The van der Waals surface area contributed by atoms with Crippen LogP contribution in [0, 0.1) is 5.41 Å². The first-order chi connectivity index (χ1) is 8.92. The molecule has 0 aliphatic carbocycles. The molecule has 0 spiro atoms. The van der Waals surface area contributed by atoms with Crippen molar-refractivity contribution in [3.05, 3.63) is 29.3 Å². The second-order valence-electron chi connectivity index (χ2n) is 4.61. The summed E-state index contributed by atoms with van der Waals surface area (Å²) in [5.74, 6) is 1.06. The van der Waals surface area contributed by atoms with E-state index < -0.39 is 10.4 Å². The van der Waals surface area contributed by atoms with Crippen molar-refractivity contribution in [2.75, 3.05) is 5.88 Å². The molecule has 0 saturated carbocycles. The van der Waals surface area contributed by atoms with Crippen molar-refractivity contribution in [2.45, 2.75) is 31.7 Å². The van der Waals surface area contributed by atoms with E-state index >= 15 is 0 Å². The summed E-state index contributed by atoms with van der Waals surface area (Å²) in [6, 6.07) is 6.90. The number of benzene rings is 1. The Kier molecular flexibility index (Phi) is 6.64. The number of rotatable bonds is 7. The number of carbonyl (C=O) groups excluding carboxylic acids is 1. The van der Waals surface area contributed by atoms with E-state index in [1.165, 1.54) is 0 Å². The van der Waals surface area contributed by atoms with E-state index in [1.54, 1.807) is 24.3 Å². The molecule has 2 nitrogen and oxygen atoms in total. The zero-order valence-electron chi connectivity index (χ0n) is 11.0. The zero-order chi connectivity index (χ0) is 14.5. The number of ether oxygens (including phenoxy) is 1. The summed E-state index contributed by atoms with van der Waals surface area (Å²) in [6.45, 7) is 3.89. The van der Waals surface area contributed by atoms with E-state index in [0.717, 1.165) is 6.42 Å². The van der Waals surface area contributed by atoms with Crippen LogP contribution in [-0.4, -0.2) is 16.7 Å². The van der Waals surface area contributed by atoms with Gasteiger partial charge in [0, 0.05) is 16.3 Å². The number of Topliss-reactive ketones (excluding diaryl/α,β-unsaturated/α-hetero) is 1. The van der Waals surface area contributed by atoms with Gasteiger partial charge in [-0.2, -0.15) is 0 Å². The summed E-state index contributed by atoms with van der Waals surface area (Å²) in [6.07, 6.45) is 1.36. The smallest absolute Gasteiger partial charge is 0.211 e. The largest absolute Gasteiger partial charge is 0.471 e. The molecule has 1 aromatic carbocycles. The first-order valence-corrected chi connectivity index (χ1v) is 7.92. The van der Waals surface area contributed by atoms with Gasteiger partial charge in [-0.25, -0.2) is 0 Å². The molecular weight excluding hydrogens is 351 g/mol. The topological polar surface area (TPSA) is 26.3 Å². The first-order valence-electron chi connectivity index (χ1n) is 6.09. The lowest BCUT2D eigenvalue weighted by Crippen LogP contribution is -2.36. The van der Waals surface area contributed by atoms with Crippen molar-refractivity contribution >= 4 is 44.9 Å². The molecule has 2 atom stereocenters. The molecule has 0 aliphatic rings. The summed E-state index contributed by atoms with van der Waals surface area (Å²) >= 11 is 14.9. The Morgan fingerprint density at radius 2 is 2.00 bits per heavy atom. The van der Waals surface area contributed by atoms with Crippen molar-refractivity contribution in [3.8, 4) is 5.75 Å². The fourth-order valence-corrected chi connectivity index (χ4v) is 2.95. The molecular formula is C14H17BrCl2O2. The van der Waals surface area contributed by atoms with Crippen LogP contribution in [0.3, 0.4) is 0 Å². The van der Waals surface area contributed by atoms with Crippen LogP contribution in [-0.2, 0) is 4.79 Å². The first kappa shape index (κ1) is 16.8. The van der Waals surface area contributed by atoms with Crippen LogP contribution >= 0.6 is 39.1 Å². The van der Waals surface area contributed by atoms with Crippen LogP contribution in [0.25, 0.3) is 0 Å². The molecule has 0 fully saturated rings. The maximum Gasteiger partial charge on any atom is 0.211 e. The highest BCUT2D eigenvalue weighted by molar-refractivity contribution is 9.09. The Bertz CT molecular complexity index is 422. The highest BCUT2D eigenvalue weighted by Crippen LogP contribution is 2.32. The van der Waals surface area contributed by atoms with Gasteiger partial charge in [-0.15, -0.1) is 11.6 Å². The normalized spacial score (nSPS) is 15.6. The van der Waals surface area contributed by atoms with Gasteiger partial charge in [0.25, 0.3) is 0 Å². The van der Waals surface area contributed by atoms with E-state index in [-0.39, 0.29) is 5.78 Å². The maximum atomic E-state index is 12.4. The highest BCUT2D eigenvalue weighted by Gasteiger charge is 2.35. The number of hydrogen-bond acceptors (Lipinski definition) is 2. The van der Waals surface area contributed by atoms with E-state index in [9.17, 15) is 4.79 Å². The second-order valence-corrected chi connectivity index (χ2v) is 6.25. The average Bonchev–Trinajstić information content (AvgIpc) is 2.40. The van der Waals surface area contributed by atoms with Crippen LogP contribution in [0.4, 0.5) is 0 Å². The van der Waals surface area contributed by atoms with Gasteiger partial charge in [-0.3, -0.25) is 4.79 Å². The second kappa shape index (κ2) is 7.51. The number of halogens is 3. The van der Waals surface area contributed by atoms with Crippen LogP contribution in [0.15, 0.2) is 24.3 Å². The maximum absolute atomic E-state index is 12.4. The number of hydrogen-bond donors (Lipinski definition) is 0. The minimum Gasteiger partial charge on any atom is -0.471 e. The lowest BCUT2D eigenvalue weighted by atomic mass is 9.80. The summed E-state index contributed by atoms with van der Waals surface area (Å²) in [4.78, 5) is 12.4. The summed E-state index contributed by atoms with van der Waals surface area (Å²) in [7, 11) is 0. The zero-order valence-corrected chi connectivity index (χ0v) is 14.1. The van der Waals surface area contributed by atoms with Crippen LogP contribution < -0.4 is 4.74 Å². The Morgan fingerprint density at radius 3 is 2.47 bits per heavy atom. The SMILES string of the molecule is CCC(C)(CCCl)C(=O)C(Br)Oc1ccc(Cl)cc1. The van der Waals surface area contributed by atoms with E-state index in [2.05, 4.69) is 15.9 Å². The van der Waals surface area contributed by atoms with Gasteiger partial charge >= 0.3 is 0 Å². The van der Waals surface area contributed by atoms with Crippen molar-refractivity contribution < 1.29 is 9.53 Å². The Hall–Kier alpha value is -0.250. The minimum atomic E-state index is -0.679. The van der Waals surface area contributed by atoms with Crippen molar-refractivity contribution in [2.24, 2.45) is 5.41 Å². The van der Waals surface area contributed by atoms with Gasteiger partial charge in [0.2, 0.25) is 5.01 Å². The monoisotopic (exact) mass is 366 g/mol. The standard InChI is InChI=1S/C14H17BrCl2O2/c1-3-14(2,8-9-16)12(18)13(15)19-11-6-4-10(17)5-7-11/h4-7,13H,3,8-9H2,1-2H3. The predicted octanol–water partition coefficient (Wildman–Crippen LogP) is 5.05. The molecule has 0 aromatic heterocycles. The molecule has 106 valence electrons. The summed E-state index contributed by atoms with van der Waals surface area (Å²) in [5.41, 5.74) is -0.470. The minimum absolute atomic E-state index is 0.00519.